The third-order valence-electron chi connectivity index (χ3n) is 2.90. The van der Waals surface area contributed by atoms with Gasteiger partial charge in [-0.05, 0) is 13.3 Å². The van der Waals surface area contributed by atoms with E-state index in [2.05, 4.69) is 9.72 Å². The van der Waals surface area contributed by atoms with Gasteiger partial charge in [0, 0.05) is 6.61 Å². The van der Waals surface area contributed by atoms with Crippen molar-refractivity contribution >= 4 is 11.8 Å². The molecule has 88 valence electrons. The van der Waals surface area contributed by atoms with Gasteiger partial charge in [0.2, 0.25) is 0 Å². The number of carbonyl (C=O) groups excluding carboxylic acids is 1. The van der Waals surface area contributed by atoms with E-state index >= 15 is 0 Å². The topological polar surface area (TPSA) is 79.4 Å². The largest absolute Gasteiger partial charge is 0.464 e. The van der Waals surface area contributed by atoms with Crippen molar-refractivity contribution in [2.24, 2.45) is 0 Å². The van der Waals surface area contributed by atoms with Crippen LogP contribution in [-0.2, 0) is 9.47 Å². The van der Waals surface area contributed by atoms with Gasteiger partial charge in [-0.1, -0.05) is 0 Å². The third-order valence-corrected chi connectivity index (χ3v) is 2.90. The van der Waals surface area contributed by atoms with Crippen LogP contribution < -0.4 is 5.73 Å². The zero-order valence-electron chi connectivity index (χ0n) is 9.34. The zero-order chi connectivity index (χ0) is 11.7. The number of rotatable bonds is 2. The van der Waals surface area contributed by atoms with E-state index in [1.165, 1.54) is 7.11 Å². The summed E-state index contributed by atoms with van der Waals surface area (Å²) in [5, 5.41) is 0. The van der Waals surface area contributed by atoms with Crippen LogP contribution in [0, 0.1) is 0 Å². The van der Waals surface area contributed by atoms with Crippen molar-refractivity contribution in [3.8, 4) is 0 Å². The lowest BCUT2D eigenvalue weighted by molar-refractivity contribution is 0.0595. The van der Waals surface area contributed by atoms with Gasteiger partial charge < -0.3 is 19.8 Å². The monoisotopic (exact) mass is 225 g/mol. The summed E-state index contributed by atoms with van der Waals surface area (Å²) in [6.07, 6.45) is 2.53. The van der Waals surface area contributed by atoms with Crippen molar-refractivity contribution < 1.29 is 14.3 Å². The van der Waals surface area contributed by atoms with E-state index in [-0.39, 0.29) is 17.8 Å². The first-order valence-corrected chi connectivity index (χ1v) is 5.17. The minimum atomic E-state index is -0.511. The predicted octanol–water partition coefficient (Wildman–Crippen LogP) is 0.602. The molecule has 0 bridgehead atoms. The van der Waals surface area contributed by atoms with Gasteiger partial charge in [-0.2, -0.15) is 0 Å². The highest BCUT2D eigenvalue weighted by molar-refractivity contribution is 5.92. The summed E-state index contributed by atoms with van der Waals surface area (Å²) in [6.45, 7) is 2.69. The van der Waals surface area contributed by atoms with Crippen molar-refractivity contribution in [3.63, 3.8) is 0 Å². The molecule has 2 N–H and O–H groups in total. The maximum atomic E-state index is 11.3. The Labute approximate surface area is 93.3 Å². The lowest BCUT2D eigenvalue weighted by Crippen LogP contribution is -2.18. The Morgan fingerprint density at radius 1 is 1.75 bits per heavy atom. The minimum Gasteiger partial charge on any atom is -0.464 e. The highest BCUT2D eigenvalue weighted by Crippen LogP contribution is 2.29. The molecule has 1 saturated heterocycles. The Balaban J connectivity index is 2.29. The Morgan fingerprint density at radius 2 is 2.50 bits per heavy atom. The summed E-state index contributed by atoms with van der Waals surface area (Å²) in [5.74, 6) is -0.169. The van der Waals surface area contributed by atoms with E-state index in [1.54, 1.807) is 10.9 Å². The van der Waals surface area contributed by atoms with Crippen LogP contribution in [0.2, 0.25) is 0 Å². The van der Waals surface area contributed by atoms with Crippen molar-refractivity contribution in [1.82, 2.24) is 9.55 Å². The molecule has 0 aliphatic carbocycles. The highest BCUT2D eigenvalue weighted by atomic mass is 16.5. The number of hydrogen-bond acceptors (Lipinski definition) is 5. The lowest BCUT2D eigenvalue weighted by Gasteiger charge is -2.16. The Kier molecular flexibility index (Phi) is 2.82. The first-order chi connectivity index (χ1) is 7.65. The van der Waals surface area contributed by atoms with Crippen molar-refractivity contribution in [1.29, 1.82) is 0 Å². The fourth-order valence-electron chi connectivity index (χ4n) is 1.97. The summed E-state index contributed by atoms with van der Waals surface area (Å²) in [7, 11) is 1.31. The molecule has 1 fully saturated rings. The molecule has 6 nitrogen and oxygen atoms in total. The van der Waals surface area contributed by atoms with Crippen molar-refractivity contribution in [2.75, 3.05) is 19.5 Å². The van der Waals surface area contributed by atoms with E-state index in [0.717, 1.165) is 6.42 Å². The molecule has 0 radical (unpaired) electrons. The van der Waals surface area contributed by atoms with Crippen LogP contribution in [-0.4, -0.2) is 35.3 Å². The van der Waals surface area contributed by atoms with E-state index in [9.17, 15) is 4.79 Å². The number of ether oxygens (including phenoxy) is 2. The summed E-state index contributed by atoms with van der Waals surface area (Å²) in [6, 6.07) is 0.144. The molecule has 1 aliphatic heterocycles. The highest BCUT2D eigenvalue weighted by Gasteiger charge is 2.29. The minimum absolute atomic E-state index is 0.0852. The maximum Gasteiger partial charge on any atom is 0.360 e. The van der Waals surface area contributed by atoms with Crippen LogP contribution in [0.1, 0.15) is 29.9 Å². The number of nitrogens with zero attached hydrogens (tertiary/aromatic N) is 2. The summed E-state index contributed by atoms with van der Waals surface area (Å²) < 4.78 is 11.8. The molecule has 0 saturated carbocycles. The quantitative estimate of drug-likeness (QED) is 0.745. The lowest BCUT2D eigenvalue weighted by atomic mass is 10.1. The van der Waals surface area contributed by atoms with E-state index in [4.69, 9.17) is 10.5 Å². The number of methoxy groups -OCH3 is 1. The maximum absolute atomic E-state index is 11.3. The molecule has 1 aromatic rings. The van der Waals surface area contributed by atoms with E-state index in [1.807, 2.05) is 6.92 Å². The second-order valence-electron chi connectivity index (χ2n) is 3.81. The SMILES string of the molecule is COC(=O)c1ncn(C2CCOC2C)c1N. The summed E-state index contributed by atoms with van der Waals surface area (Å²) >= 11 is 0. The van der Waals surface area contributed by atoms with E-state index in [0.29, 0.717) is 12.4 Å². The molecule has 6 heteroatoms. The van der Waals surface area contributed by atoms with Crippen molar-refractivity contribution in [2.45, 2.75) is 25.5 Å². The fraction of sp³-hybridized carbons (Fsp3) is 0.600. The molecule has 2 heterocycles. The van der Waals surface area contributed by atoms with Gasteiger partial charge in [-0.25, -0.2) is 9.78 Å². The molecule has 1 aromatic heterocycles. The number of aromatic nitrogens is 2. The van der Waals surface area contributed by atoms with Crippen LogP contribution in [0.4, 0.5) is 5.82 Å². The van der Waals surface area contributed by atoms with Crippen LogP contribution in [0.25, 0.3) is 0 Å². The number of hydrogen-bond donors (Lipinski definition) is 1. The number of nitrogen functional groups attached to an aromatic ring is 1. The van der Waals surface area contributed by atoms with Crippen LogP contribution in [0.15, 0.2) is 6.33 Å². The van der Waals surface area contributed by atoms with Gasteiger partial charge in [0.1, 0.15) is 5.82 Å². The Bertz CT molecular complexity index is 402. The molecule has 0 aromatic carbocycles. The Hall–Kier alpha value is -1.56. The smallest absolute Gasteiger partial charge is 0.360 e. The normalized spacial score (nSPS) is 24.6. The fourth-order valence-corrected chi connectivity index (χ4v) is 1.97. The third kappa shape index (κ3) is 1.65. The second kappa shape index (κ2) is 4.13. The van der Waals surface area contributed by atoms with Crippen LogP contribution in [0.5, 0.6) is 0 Å². The summed E-state index contributed by atoms with van der Waals surface area (Å²) in [5.41, 5.74) is 6.03. The zero-order valence-corrected chi connectivity index (χ0v) is 9.34. The number of imidazole rings is 1. The molecule has 0 amide bonds. The van der Waals surface area contributed by atoms with Gasteiger partial charge in [0.05, 0.1) is 25.6 Å². The van der Waals surface area contributed by atoms with Crippen LogP contribution in [0.3, 0.4) is 0 Å². The van der Waals surface area contributed by atoms with Crippen LogP contribution >= 0.6 is 0 Å². The standard InChI is InChI=1S/C10H15N3O3/c1-6-7(3-4-16-6)13-5-12-8(9(13)11)10(14)15-2/h5-7H,3-4,11H2,1-2H3. The number of nitrogens with two attached hydrogens (primary N) is 1. The predicted molar refractivity (Wildman–Crippen MR) is 57.0 cm³/mol. The number of carbonyl (C=O) groups is 1. The first-order valence-electron chi connectivity index (χ1n) is 5.17. The summed E-state index contributed by atoms with van der Waals surface area (Å²) in [4.78, 5) is 15.3. The van der Waals surface area contributed by atoms with Gasteiger partial charge in [0.25, 0.3) is 0 Å². The second-order valence-corrected chi connectivity index (χ2v) is 3.81. The molecular weight excluding hydrogens is 210 g/mol. The molecule has 0 spiro atoms. The number of esters is 1. The average Bonchev–Trinajstić information content (AvgIpc) is 2.84. The molecular formula is C10H15N3O3. The molecule has 2 atom stereocenters. The molecule has 2 unspecified atom stereocenters. The molecule has 2 rings (SSSR count). The molecule has 1 aliphatic rings. The van der Waals surface area contributed by atoms with Crippen molar-refractivity contribution in [3.05, 3.63) is 12.0 Å². The first kappa shape index (κ1) is 10.9. The van der Waals surface area contributed by atoms with Gasteiger partial charge in [-0.15, -0.1) is 0 Å². The van der Waals surface area contributed by atoms with Gasteiger partial charge in [-0.3, -0.25) is 0 Å². The molecule has 16 heavy (non-hydrogen) atoms. The number of anilines is 1. The van der Waals surface area contributed by atoms with E-state index < -0.39 is 5.97 Å². The van der Waals surface area contributed by atoms with Gasteiger partial charge >= 0.3 is 5.97 Å². The Morgan fingerprint density at radius 3 is 3.06 bits per heavy atom. The van der Waals surface area contributed by atoms with Gasteiger partial charge in [0.15, 0.2) is 5.69 Å². The average molecular weight is 225 g/mol.